The number of amides is 2. The highest BCUT2D eigenvalue weighted by Crippen LogP contribution is 2.15. The number of aryl methyl sites for hydroxylation is 1. The molecule has 25 heavy (non-hydrogen) atoms. The van der Waals surface area contributed by atoms with Crippen LogP contribution in [0.15, 0.2) is 59.3 Å². The smallest absolute Gasteiger partial charge is 0.288 e. The van der Waals surface area contributed by atoms with Crippen molar-refractivity contribution < 1.29 is 14.1 Å². The van der Waals surface area contributed by atoms with Gasteiger partial charge in [-0.25, -0.2) is 0 Å². The van der Waals surface area contributed by atoms with E-state index in [1.165, 1.54) is 6.20 Å². The zero-order chi connectivity index (χ0) is 17.5. The summed E-state index contributed by atoms with van der Waals surface area (Å²) in [5.41, 5.74) is 5.67. The molecule has 0 atom stereocenters. The van der Waals surface area contributed by atoms with E-state index in [2.05, 4.69) is 26.0 Å². The Morgan fingerprint density at radius 3 is 2.56 bits per heavy atom. The molecule has 3 aromatic rings. The van der Waals surface area contributed by atoms with Crippen molar-refractivity contribution in [2.75, 3.05) is 0 Å². The first-order chi connectivity index (χ1) is 12.2. The van der Waals surface area contributed by atoms with Gasteiger partial charge in [0.1, 0.15) is 5.69 Å². The van der Waals surface area contributed by atoms with Gasteiger partial charge in [0.25, 0.3) is 5.91 Å². The van der Waals surface area contributed by atoms with Crippen molar-refractivity contribution in [3.63, 3.8) is 0 Å². The van der Waals surface area contributed by atoms with E-state index in [1.54, 1.807) is 18.2 Å². The number of aromatic nitrogens is 3. The molecule has 0 spiro atoms. The summed E-state index contributed by atoms with van der Waals surface area (Å²) in [6.45, 7) is 0. The summed E-state index contributed by atoms with van der Waals surface area (Å²) in [5, 5.41) is 3.88. The minimum absolute atomic E-state index is 0.0962. The van der Waals surface area contributed by atoms with Gasteiger partial charge in [0.05, 0.1) is 0 Å². The predicted octanol–water partition coefficient (Wildman–Crippen LogP) is 1.53. The Hall–Kier alpha value is -3.55. The van der Waals surface area contributed by atoms with Gasteiger partial charge >= 0.3 is 0 Å². The van der Waals surface area contributed by atoms with Crippen molar-refractivity contribution in [1.82, 2.24) is 26.0 Å². The van der Waals surface area contributed by atoms with Crippen LogP contribution in [0.4, 0.5) is 0 Å². The SMILES string of the molecule is O=C(CCc1nc(-c2ccccc2)no1)NNC(=O)c1ccccn1. The lowest BCUT2D eigenvalue weighted by atomic mass is 10.2. The number of hydrazine groups is 1. The van der Waals surface area contributed by atoms with E-state index < -0.39 is 5.91 Å². The van der Waals surface area contributed by atoms with Crippen LogP contribution in [0.1, 0.15) is 22.8 Å². The average Bonchev–Trinajstić information content (AvgIpc) is 3.15. The molecule has 2 amide bonds. The number of benzene rings is 1. The molecule has 3 rings (SSSR count). The number of rotatable bonds is 5. The number of carbonyl (C=O) groups excluding carboxylic acids is 2. The van der Waals surface area contributed by atoms with Crippen LogP contribution >= 0.6 is 0 Å². The van der Waals surface area contributed by atoms with Gasteiger partial charge in [-0.3, -0.25) is 25.4 Å². The largest absolute Gasteiger partial charge is 0.339 e. The normalized spacial score (nSPS) is 10.2. The quantitative estimate of drug-likeness (QED) is 0.683. The first-order valence-electron chi connectivity index (χ1n) is 7.60. The molecule has 126 valence electrons. The third kappa shape index (κ3) is 4.47. The van der Waals surface area contributed by atoms with E-state index >= 15 is 0 Å². The number of nitrogens with zero attached hydrogens (tertiary/aromatic N) is 3. The Balaban J connectivity index is 1.47. The maximum Gasteiger partial charge on any atom is 0.288 e. The molecule has 0 aliphatic rings. The Kier molecular flexibility index (Phi) is 5.10. The molecule has 0 unspecified atom stereocenters. The highest BCUT2D eigenvalue weighted by molar-refractivity contribution is 5.93. The summed E-state index contributed by atoms with van der Waals surface area (Å²) in [6.07, 6.45) is 1.86. The van der Waals surface area contributed by atoms with Crippen LogP contribution in [0, 0.1) is 0 Å². The molecular weight excluding hydrogens is 322 g/mol. The predicted molar refractivity (Wildman–Crippen MR) is 87.9 cm³/mol. The molecule has 2 N–H and O–H groups in total. The van der Waals surface area contributed by atoms with E-state index in [0.29, 0.717) is 11.7 Å². The van der Waals surface area contributed by atoms with Crippen molar-refractivity contribution in [1.29, 1.82) is 0 Å². The van der Waals surface area contributed by atoms with Crippen LogP contribution in [0.2, 0.25) is 0 Å². The van der Waals surface area contributed by atoms with Gasteiger partial charge < -0.3 is 4.52 Å². The molecule has 0 saturated carbocycles. The molecule has 0 aliphatic carbocycles. The molecule has 8 nitrogen and oxygen atoms in total. The minimum atomic E-state index is -0.488. The van der Waals surface area contributed by atoms with Gasteiger partial charge in [0.15, 0.2) is 0 Å². The zero-order valence-electron chi connectivity index (χ0n) is 13.2. The molecule has 8 heteroatoms. The number of hydrogen-bond acceptors (Lipinski definition) is 6. The molecule has 2 aromatic heterocycles. The van der Waals surface area contributed by atoms with E-state index in [0.717, 1.165) is 5.56 Å². The van der Waals surface area contributed by atoms with Crippen LogP contribution in [0.3, 0.4) is 0 Å². The van der Waals surface area contributed by atoms with Gasteiger partial charge in [0, 0.05) is 24.6 Å². The fourth-order valence-electron chi connectivity index (χ4n) is 2.03. The summed E-state index contributed by atoms with van der Waals surface area (Å²) >= 11 is 0. The van der Waals surface area contributed by atoms with Gasteiger partial charge in [-0.05, 0) is 12.1 Å². The fourth-order valence-corrected chi connectivity index (χ4v) is 2.03. The molecule has 1 aromatic carbocycles. The molecular formula is C17H15N5O3. The topological polar surface area (TPSA) is 110 Å². The maximum atomic E-state index is 11.8. The van der Waals surface area contributed by atoms with Crippen molar-refractivity contribution in [2.24, 2.45) is 0 Å². The minimum Gasteiger partial charge on any atom is -0.339 e. The molecule has 0 aliphatic heterocycles. The lowest BCUT2D eigenvalue weighted by Crippen LogP contribution is -2.42. The fraction of sp³-hybridized carbons (Fsp3) is 0.118. The standard InChI is InChI=1S/C17H15N5O3/c23-14(20-21-17(24)13-8-4-5-11-18-13)9-10-15-19-16(22-25-15)12-6-2-1-3-7-12/h1-8,11H,9-10H2,(H,20,23)(H,21,24). The number of hydrogen-bond donors (Lipinski definition) is 2. The second-order valence-electron chi connectivity index (χ2n) is 5.10. The second kappa shape index (κ2) is 7.82. The van der Waals surface area contributed by atoms with Gasteiger partial charge in [-0.2, -0.15) is 4.98 Å². The number of nitrogens with one attached hydrogen (secondary N) is 2. The number of pyridine rings is 1. The first kappa shape index (κ1) is 16.3. The van der Waals surface area contributed by atoms with E-state index in [9.17, 15) is 9.59 Å². The van der Waals surface area contributed by atoms with Gasteiger partial charge in [0.2, 0.25) is 17.6 Å². The monoisotopic (exact) mass is 337 g/mol. The Bertz CT molecular complexity index is 849. The Labute approximate surface area is 143 Å². The van der Waals surface area contributed by atoms with Crippen LogP contribution in [0.25, 0.3) is 11.4 Å². The highest BCUT2D eigenvalue weighted by Gasteiger charge is 2.12. The summed E-state index contributed by atoms with van der Waals surface area (Å²) in [5.74, 6) is -0.0358. The summed E-state index contributed by atoms with van der Waals surface area (Å²) < 4.78 is 5.13. The second-order valence-corrected chi connectivity index (χ2v) is 5.10. The van der Waals surface area contributed by atoms with Gasteiger partial charge in [-0.1, -0.05) is 41.6 Å². The van der Waals surface area contributed by atoms with Crippen LogP contribution in [-0.4, -0.2) is 26.9 Å². The van der Waals surface area contributed by atoms with Crippen LogP contribution in [-0.2, 0) is 11.2 Å². The summed E-state index contributed by atoms with van der Waals surface area (Å²) in [6, 6.07) is 14.3. The molecule has 0 radical (unpaired) electrons. The van der Waals surface area contributed by atoms with Crippen LogP contribution < -0.4 is 10.9 Å². The lowest BCUT2D eigenvalue weighted by molar-refractivity contribution is -0.121. The van der Waals surface area contributed by atoms with Gasteiger partial charge in [-0.15, -0.1) is 0 Å². The Morgan fingerprint density at radius 2 is 1.80 bits per heavy atom. The first-order valence-corrected chi connectivity index (χ1v) is 7.60. The highest BCUT2D eigenvalue weighted by atomic mass is 16.5. The van der Waals surface area contributed by atoms with Crippen molar-refractivity contribution in [3.8, 4) is 11.4 Å². The zero-order valence-corrected chi connectivity index (χ0v) is 13.2. The molecule has 0 bridgehead atoms. The molecule has 0 saturated heterocycles. The molecule has 0 fully saturated rings. The molecule has 2 heterocycles. The summed E-state index contributed by atoms with van der Waals surface area (Å²) in [4.78, 5) is 31.7. The van der Waals surface area contributed by atoms with Crippen molar-refractivity contribution in [3.05, 3.63) is 66.3 Å². The summed E-state index contributed by atoms with van der Waals surface area (Å²) in [7, 11) is 0. The third-order valence-corrected chi connectivity index (χ3v) is 3.28. The van der Waals surface area contributed by atoms with Crippen LogP contribution in [0.5, 0.6) is 0 Å². The Morgan fingerprint density at radius 1 is 1.00 bits per heavy atom. The maximum absolute atomic E-state index is 11.8. The lowest BCUT2D eigenvalue weighted by Gasteiger charge is -2.05. The van der Waals surface area contributed by atoms with E-state index in [1.807, 2.05) is 30.3 Å². The third-order valence-electron chi connectivity index (χ3n) is 3.28. The van der Waals surface area contributed by atoms with E-state index in [-0.39, 0.29) is 24.4 Å². The number of carbonyl (C=O) groups is 2. The van der Waals surface area contributed by atoms with Crippen molar-refractivity contribution in [2.45, 2.75) is 12.8 Å². The average molecular weight is 337 g/mol. The van der Waals surface area contributed by atoms with E-state index in [4.69, 9.17) is 4.52 Å². The van der Waals surface area contributed by atoms with Crippen molar-refractivity contribution >= 4 is 11.8 Å².